The van der Waals surface area contributed by atoms with Gasteiger partial charge in [-0.15, -0.1) is 0 Å². The minimum atomic E-state index is -3.43. The van der Waals surface area contributed by atoms with Crippen molar-refractivity contribution in [2.45, 2.75) is 11.3 Å². The molecule has 6 nitrogen and oxygen atoms in total. The summed E-state index contributed by atoms with van der Waals surface area (Å²) in [6.45, 7) is 0. The summed E-state index contributed by atoms with van der Waals surface area (Å²) in [6.07, 6.45) is -0.905. The van der Waals surface area contributed by atoms with E-state index in [1.807, 2.05) is 0 Å². The van der Waals surface area contributed by atoms with E-state index < -0.39 is 27.5 Å². The molecule has 2 aromatic rings. The quantitative estimate of drug-likeness (QED) is 0.859. The zero-order valence-corrected chi connectivity index (χ0v) is 12.0. The maximum atomic E-state index is 12.8. The standard InChI is InChI=1S/C11H7ClF2N4O2S/c1-21(19,20)6-2-3-8(16-5-6)18-10(12)7(4-15)9(17-18)11(13)14/h2-3,5,11H,1H3. The molecule has 0 atom stereocenters. The number of nitriles is 1. The van der Waals surface area contributed by atoms with E-state index in [1.165, 1.54) is 12.1 Å². The third-order valence-electron chi connectivity index (χ3n) is 2.54. The summed E-state index contributed by atoms with van der Waals surface area (Å²) >= 11 is 5.82. The molecule has 0 spiro atoms. The Labute approximate surface area is 123 Å². The van der Waals surface area contributed by atoms with Gasteiger partial charge >= 0.3 is 0 Å². The van der Waals surface area contributed by atoms with Gasteiger partial charge in [-0.25, -0.2) is 26.9 Å². The van der Waals surface area contributed by atoms with Crippen LogP contribution in [0.1, 0.15) is 17.7 Å². The van der Waals surface area contributed by atoms with Crippen LogP contribution in [0.15, 0.2) is 23.2 Å². The summed E-state index contributed by atoms with van der Waals surface area (Å²) in [6, 6.07) is 4.05. The molecule has 2 aromatic heterocycles. The fourth-order valence-electron chi connectivity index (χ4n) is 1.54. The maximum absolute atomic E-state index is 12.8. The van der Waals surface area contributed by atoms with E-state index >= 15 is 0 Å². The molecule has 2 rings (SSSR count). The highest BCUT2D eigenvalue weighted by Gasteiger charge is 2.24. The first-order chi connectivity index (χ1) is 9.75. The van der Waals surface area contributed by atoms with Crippen molar-refractivity contribution in [1.29, 1.82) is 5.26 Å². The van der Waals surface area contributed by atoms with E-state index in [1.54, 1.807) is 6.07 Å². The average Bonchev–Trinajstić information content (AvgIpc) is 2.75. The van der Waals surface area contributed by atoms with Gasteiger partial charge in [0, 0.05) is 12.5 Å². The Kier molecular flexibility index (Phi) is 3.93. The number of pyridine rings is 1. The van der Waals surface area contributed by atoms with Gasteiger partial charge in [0.1, 0.15) is 17.3 Å². The number of alkyl halides is 2. The number of aromatic nitrogens is 3. The van der Waals surface area contributed by atoms with Crippen LogP contribution in [0.25, 0.3) is 5.82 Å². The molecule has 0 radical (unpaired) electrons. The Hall–Kier alpha value is -2.05. The van der Waals surface area contributed by atoms with Gasteiger partial charge < -0.3 is 0 Å². The van der Waals surface area contributed by atoms with Crippen molar-refractivity contribution in [3.63, 3.8) is 0 Å². The van der Waals surface area contributed by atoms with Gasteiger partial charge in [0.2, 0.25) is 0 Å². The number of hydrogen-bond donors (Lipinski definition) is 0. The molecule has 2 heterocycles. The minimum Gasteiger partial charge on any atom is -0.236 e. The van der Waals surface area contributed by atoms with Crippen LogP contribution in [0.5, 0.6) is 0 Å². The predicted octanol–water partition coefficient (Wildman–Crippen LogP) is 2.13. The first kappa shape index (κ1) is 15.3. The third-order valence-corrected chi connectivity index (χ3v) is 3.99. The zero-order chi connectivity index (χ0) is 15.8. The van der Waals surface area contributed by atoms with E-state index in [-0.39, 0.29) is 15.9 Å². The highest BCUT2D eigenvalue weighted by Crippen LogP contribution is 2.28. The topological polar surface area (TPSA) is 88.6 Å². The van der Waals surface area contributed by atoms with Crippen LogP contribution in [0.4, 0.5) is 8.78 Å². The molecular formula is C11H7ClF2N4O2S. The largest absolute Gasteiger partial charge is 0.283 e. The third kappa shape index (κ3) is 2.86. The summed E-state index contributed by atoms with van der Waals surface area (Å²) in [5.74, 6) is 0.0239. The molecule has 0 amide bonds. The summed E-state index contributed by atoms with van der Waals surface area (Å²) in [5, 5.41) is 12.1. The van der Waals surface area contributed by atoms with Crippen molar-refractivity contribution in [1.82, 2.24) is 14.8 Å². The lowest BCUT2D eigenvalue weighted by atomic mass is 10.3. The van der Waals surface area contributed by atoms with Crippen LogP contribution < -0.4 is 0 Å². The summed E-state index contributed by atoms with van der Waals surface area (Å²) in [4.78, 5) is 3.77. The minimum absolute atomic E-state index is 0.0239. The molecule has 0 unspecified atom stereocenters. The van der Waals surface area contributed by atoms with E-state index in [0.29, 0.717) is 0 Å². The van der Waals surface area contributed by atoms with Crippen molar-refractivity contribution in [3.05, 3.63) is 34.7 Å². The van der Waals surface area contributed by atoms with E-state index in [9.17, 15) is 17.2 Å². The fourth-order valence-corrected chi connectivity index (χ4v) is 2.36. The van der Waals surface area contributed by atoms with Crippen LogP contribution in [0, 0.1) is 11.3 Å². The second kappa shape index (κ2) is 5.38. The molecule has 0 fully saturated rings. The van der Waals surface area contributed by atoms with Crippen molar-refractivity contribution in [3.8, 4) is 11.9 Å². The number of halogens is 3. The number of sulfone groups is 1. The molecule has 0 N–H and O–H groups in total. The van der Waals surface area contributed by atoms with Crippen LogP contribution in [0.2, 0.25) is 5.15 Å². The average molecular weight is 333 g/mol. The Morgan fingerprint density at radius 3 is 2.48 bits per heavy atom. The highest BCUT2D eigenvalue weighted by atomic mass is 35.5. The first-order valence-corrected chi connectivity index (χ1v) is 7.65. The molecule has 0 aliphatic heterocycles. The number of rotatable bonds is 3. The molecule has 110 valence electrons. The molecule has 0 saturated heterocycles. The van der Waals surface area contributed by atoms with Crippen molar-refractivity contribution in [2.24, 2.45) is 0 Å². The van der Waals surface area contributed by atoms with E-state index in [4.69, 9.17) is 16.9 Å². The van der Waals surface area contributed by atoms with Crippen molar-refractivity contribution < 1.29 is 17.2 Å². The lowest BCUT2D eigenvalue weighted by Gasteiger charge is -2.03. The van der Waals surface area contributed by atoms with E-state index in [2.05, 4.69) is 10.1 Å². The monoisotopic (exact) mass is 332 g/mol. The number of hydrogen-bond acceptors (Lipinski definition) is 5. The molecule has 0 saturated carbocycles. The maximum Gasteiger partial charge on any atom is 0.283 e. The SMILES string of the molecule is CS(=O)(=O)c1ccc(-n2nc(C(F)F)c(C#N)c2Cl)nc1. The van der Waals surface area contributed by atoms with Crippen molar-refractivity contribution in [2.75, 3.05) is 6.26 Å². The van der Waals surface area contributed by atoms with Gasteiger partial charge in [-0.1, -0.05) is 11.6 Å². The second-order valence-electron chi connectivity index (χ2n) is 4.00. The van der Waals surface area contributed by atoms with Crippen LogP contribution in [0.3, 0.4) is 0 Å². The van der Waals surface area contributed by atoms with Crippen LogP contribution in [-0.4, -0.2) is 29.4 Å². The summed E-state index contributed by atoms with van der Waals surface area (Å²) in [7, 11) is -3.43. The van der Waals surface area contributed by atoms with Crippen LogP contribution >= 0.6 is 11.6 Å². The van der Waals surface area contributed by atoms with Gasteiger partial charge in [-0.2, -0.15) is 10.4 Å². The Bertz CT molecular complexity index is 825. The molecule has 0 aliphatic carbocycles. The smallest absolute Gasteiger partial charge is 0.236 e. The van der Waals surface area contributed by atoms with E-state index in [0.717, 1.165) is 17.1 Å². The van der Waals surface area contributed by atoms with Gasteiger partial charge in [0.15, 0.2) is 20.8 Å². The Balaban J connectivity index is 2.56. The first-order valence-electron chi connectivity index (χ1n) is 5.39. The van der Waals surface area contributed by atoms with Crippen molar-refractivity contribution >= 4 is 21.4 Å². The lowest BCUT2D eigenvalue weighted by Crippen LogP contribution is -2.03. The Morgan fingerprint density at radius 2 is 2.10 bits per heavy atom. The molecule has 0 aliphatic rings. The molecule has 21 heavy (non-hydrogen) atoms. The normalized spacial score (nSPS) is 11.6. The second-order valence-corrected chi connectivity index (χ2v) is 6.37. The highest BCUT2D eigenvalue weighted by molar-refractivity contribution is 7.90. The van der Waals surface area contributed by atoms with Gasteiger partial charge in [0.25, 0.3) is 6.43 Å². The molecule has 0 aromatic carbocycles. The molecular weight excluding hydrogens is 326 g/mol. The molecule has 0 bridgehead atoms. The van der Waals surface area contributed by atoms with Crippen LogP contribution in [-0.2, 0) is 9.84 Å². The lowest BCUT2D eigenvalue weighted by molar-refractivity contribution is 0.145. The summed E-state index contributed by atoms with van der Waals surface area (Å²) in [5.41, 5.74) is -1.20. The summed E-state index contributed by atoms with van der Waals surface area (Å²) < 4.78 is 49.0. The Morgan fingerprint density at radius 1 is 1.43 bits per heavy atom. The zero-order valence-electron chi connectivity index (χ0n) is 10.5. The fraction of sp³-hybridized carbons (Fsp3) is 0.182. The van der Waals surface area contributed by atoms with Gasteiger partial charge in [-0.3, -0.25) is 0 Å². The number of nitrogens with zero attached hydrogens (tertiary/aromatic N) is 4. The van der Waals surface area contributed by atoms with Gasteiger partial charge in [0.05, 0.1) is 4.90 Å². The molecule has 10 heteroatoms. The van der Waals surface area contributed by atoms with Gasteiger partial charge in [-0.05, 0) is 12.1 Å². The predicted molar refractivity (Wildman–Crippen MR) is 69.2 cm³/mol.